The van der Waals surface area contributed by atoms with Crippen LogP contribution in [0.5, 0.6) is 0 Å². The molecule has 1 saturated heterocycles. The summed E-state index contributed by atoms with van der Waals surface area (Å²) in [7, 11) is 0. The third kappa shape index (κ3) is 2.98. The van der Waals surface area contributed by atoms with E-state index < -0.39 is 5.82 Å². The van der Waals surface area contributed by atoms with Crippen molar-refractivity contribution in [3.8, 4) is 11.5 Å². The van der Waals surface area contributed by atoms with Crippen LogP contribution in [0, 0.1) is 5.82 Å². The van der Waals surface area contributed by atoms with Crippen molar-refractivity contribution < 1.29 is 13.7 Å². The molecular formula is C22H22FN5O3. The standard InChI is InChI=1S/C22H22FN5O3/c23-15-8-3-9-16-18(15)27(11-14-7-4-10-30-14)22(29)19-17(24-12-28(16)19)20-25-21(31-26-20)13-5-1-2-6-13/h3,8-9,12-14H,1-2,4-7,10-11H2. The van der Waals surface area contributed by atoms with Gasteiger partial charge < -0.3 is 9.26 Å². The van der Waals surface area contributed by atoms with Crippen molar-refractivity contribution in [2.24, 2.45) is 0 Å². The highest BCUT2D eigenvalue weighted by Gasteiger charge is 2.27. The van der Waals surface area contributed by atoms with E-state index >= 15 is 0 Å². The Morgan fingerprint density at radius 1 is 1.13 bits per heavy atom. The first-order valence-corrected chi connectivity index (χ1v) is 10.8. The minimum absolute atomic E-state index is 0.117. The van der Waals surface area contributed by atoms with Gasteiger partial charge in [-0.3, -0.25) is 13.8 Å². The molecule has 31 heavy (non-hydrogen) atoms. The summed E-state index contributed by atoms with van der Waals surface area (Å²) >= 11 is 0. The highest BCUT2D eigenvalue weighted by Crippen LogP contribution is 2.34. The molecule has 0 amide bonds. The maximum absolute atomic E-state index is 14.9. The first-order valence-electron chi connectivity index (χ1n) is 10.8. The number of para-hydroxylation sites is 1. The van der Waals surface area contributed by atoms with E-state index in [1.165, 1.54) is 17.0 Å². The lowest BCUT2D eigenvalue weighted by Crippen LogP contribution is -2.29. The Morgan fingerprint density at radius 2 is 2.00 bits per heavy atom. The summed E-state index contributed by atoms with van der Waals surface area (Å²) in [6.45, 7) is 0.948. The van der Waals surface area contributed by atoms with Gasteiger partial charge in [-0.05, 0) is 37.8 Å². The molecule has 0 bridgehead atoms. The Hall–Kier alpha value is -3.07. The largest absolute Gasteiger partial charge is 0.376 e. The molecule has 1 unspecified atom stereocenters. The molecule has 1 aromatic carbocycles. The Labute approximate surface area is 176 Å². The summed E-state index contributed by atoms with van der Waals surface area (Å²) in [4.78, 5) is 22.6. The lowest BCUT2D eigenvalue weighted by Gasteiger charge is -2.16. The van der Waals surface area contributed by atoms with Crippen LogP contribution in [-0.4, -0.2) is 36.8 Å². The van der Waals surface area contributed by atoms with Crippen molar-refractivity contribution in [3.63, 3.8) is 0 Å². The minimum Gasteiger partial charge on any atom is -0.376 e. The van der Waals surface area contributed by atoms with E-state index in [4.69, 9.17) is 9.26 Å². The number of hydrogen-bond acceptors (Lipinski definition) is 6. The first kappa shape index (κ1) is 18.7. The average Bonchev–Trinajstić information content (AvgIpc) is 3.56. The van der Waals surface area contributed by atoms with Gasteiger partial charge in [-0.25, -0.2) is 9.37 Å². The lowest BCUT2D eigenvalue weighted by atomic mass is 10.1. The molecule has 2 aliphatic rings. The molecule has 0 spiro atoms. The van der Waals surface area contributed by atoms with Gasteiger partial charge in [0.05, 0.1) is 18.2 Å². The van der Waals surface area contributed by atoms with Crippen LogP contribution in [0.3, 0.4) is 0 Å². The highest BCUT2D eigenvalue weighted by atomic mass is 19.1. The summed E-state index contributed by atoms with van der Waals surface area (Å²) in [6.07, 6.45) is 7.56. The Balaban J connectivity index is 1.55. The van der Waals surface area contributed by atoms with Crippen LogP contribution in [0.15, 0.2) is 33.8 Å². The molecule has 4 aromatic rings. The smallest absolute Gasteiger partial charge is 0.277 e. The number of hydrogen-bond donors (Lipinski definition) is 0. The van der Waals surface area contributed by atoms with Crippen LogP contribution < -0.4 is 5.56 Å². The number of aromatic nitrogens is 5. The van der Waals surface area contributed by atoms with Crippen LogP contribution in [0.25, 0.3) is 28.1 Å². The molecule has 6 rings (SSSR count). The molecule has 3 aromatic heterocycles. The van der Waals surface area contributed by atoms with Gasteiger partial charge in [-0.1, -0.05) is 24.1 Å². The van der Waals surface area contributed by atoms with Crippen LogP contribution in [0.4, 0.5) is 4.39 Å². The van der Waals surface area contributed by atoms with Crippen LogP contribution in [0.1, 0.15) is 50.3 Å². The molecule has 1 aliphatic carbocycles. The number of rotatable bonds is 4. The zero-order valence-electron chi connectivity index (χ0n) is 17.0. The first-order chi connectivity index (χ1) is 15.2. The second-order valence-corrected chi connectivity index (χ2v) is 8.41. The quantitative estimate of drug-likeness (QED) is 0.498. The van der Waals surface area contributed by atoms with Gasteiger partial charge in [0.15, 0.2) is 0 Å². The fraction of sp³-hybridized carbons (Fsp3) is 0.455. The minimum atomic E-state index is -0.451. The fourth-order valence-electron chi connectivity index (χ4n) is 4.93. The number of benzene rings is 1. The molecule has 1 atom stereocenters. The Morgan fingerprint density at radius 3 is 2.81 bits per heavy atom. The van der Waals surface area contributed by atoms with Crippen LogP contribution >= 0.6 is 0 Å². The molecule has 4 heterocycles. The number of fused-ring (bicyclic) bond motifs is 3. The third-order valence-corrected chi connectivity index (χ3v) is 6.48. The van der Waals surface area contributed by atoms with Crippen LogP contribution in [-0.2, 0) is 11.3 Å². The van der Waals surface area contributed by atoms with Crippen molar-refractivity contribution in [1.82, 2.24) is 24.1 Å². The molecule has 160 valence electrons. The van der Waals surface area contributed by atoms with Crippen molar-refractivity contribution in [1.29, 1.82) is 0 Å². The Bertz CT molecular complexity index is 1330. The molecule has 2 fully saturated rings. The fourth-order valence-corrected chi connectivity index (χ4v) is 4.93. The summed E-state index contributed by atoms with van der Waals surface area (Å²) in [5.74, 6) is 0.704. The van der Waals surface area contributed by atoms with E-state index in [9.17, 15) is 9.18 Å². The van der Waals surface area contributed by atoms with Crippen LogP contribution in [0.2, 0.25) is 0 Å². The zero-order chi connectivity index (χ0) is 20.9. The summed E-state index contributed by atoms with van der Waals surface area (Å²) in [5, 5.41) is 4.12. The topological polar surface area (TPSA) is 87.5 Å². The van der Waals surface area contributed by atoms with E-state index in [2.05, 4.69) is 15.1 Å². The van der Waals surface area contributed by atoms with Gasteiger partial charge in [0.1, 0.15) is 28.9 Å². The highest BCUT2D eigenvalue weighted by molar-refractivity contribution is 5.84. The van der Waals surface area contributed by atoms with Gasteiger partial charge >= 0.3 is 0 Å². The SMILES string of the molecule is O=c1c2c(-c3noc(C4CCCC4)n3)ncn2c2cccc(F)c2n1CC1CCCO1. The zero-order valence-corrected chi connectivity index (χ0v) is 17.0. The monoisotopic (exact) mass is 423 g/mol. The molecular weight excluding hydrogens is 401 g/mol. The van der Waals surface area contributed by atoms with E-state index in [1.807, 2.05) is 0 Å². The molecule has 9 heteroatoms. The predicted octanol–water partition coefficient (Wildman–Crippen LogP) is 3.67. The molecule has 8 nitrogen and oxygen atoms in total. The number of nitrogens with zero attached hydrogens (tertiary/aromatic N) is 5. The second kappa shape index (κ2) is 7.26. The predicted molar refractivity (Wildman–Crippen MR) is 110 cm³/mol. The number of imidazole rings is 1. The summed E-state index contributed by atoms with van der Waals surface area (Å²) in [6, 6.07) is 4.78. The normalized spacial score (nSPS) is 19.8. The van der Waals surface area contributed by atoms with Gasteiger partial charge in [-0.15, -0.1) is 0 Å². The maximum Gasteiger partial charge on any atom is 0.277 e. The molecule has 1 aliphatic heterocycles. The van der Waals surface area contributed by atoms with Gasteiger partial charge in [0.25, 0.3) is 5.56 Å². The van der Waals surface area contributed by atoms with E-state index in [0.717, 1.165) is 38.5 Å². The number of halogens is 1. The van der Waals surface area contributed by atoms with E-state index in [-0.39, 0.29) is 29.6 Å². The van der Waals surface area contributed by atoms with Crippen molar-refractivity contribution in [3.05, 3.63) is 46.6 Å². The van der Waals surface area contributed by atoms with Gasteiger partial charge in [0.2, 0.25) is 11.7 Å². The van der Waals surface area contributed by atoms with Gasteiger partial charge in [-0.2, -0.15) is 4.98 Å². The van der Waals surface area contributed by atoms with E-state index in [1.54, 1.807) is 16.5 Å². The maximum atomic E-state index is 14.9. The molecule has 0 N–H and O–H groups in total. The number of ether oxygens (including phenoxy) is 1. The van der Waals surface area contributed by atoms with Crippen molar-refractivity contribution >= 4 is 16.6 Å². The Kier molecular flexibility index (Phi) is 4.38. The summed E-state index contributed by atoms with van der Waals surface area (Å²) < 4.78 is 29.2. The van der Waals surface area contributed by atoms with Gasteiger partial charge in [0, 0.05) is 12.5 Å². The third-order valence-electron chi connectivity index (χ3n) is 6.48. The van der Waals surface area contributed by atoms with E-state index in [0.29, 0.717) is 35.0 Å². The van der Waals surface area contributed by atoms with Crippen molar-refractivity contribution in [2.75, 3.05) is 6.61 Å². The molecule has 0 radical (unpaired) electrons. The van der Waals surface area contributed by atoms with Crippen molar-refractivity contribution in [2.45, 2.75) is 57.1 Å². The average molecular weight is 423 g/mol. The summed E-state index contributed by atoms with van der Waals surface area (Å²) in [5.41, 5.74) is 1.14. The molecule has 1 saturated carbocycles. The lowest BCUT2D eigenvalue weighted by molar-refractivity contribution is 0.0972. The second-order valence-electron chi connectivity index (χ2n) is 8.41.